The molecule has 0 bridgehead atoms. The summed E-state index contributed by atoms with van der Waals surface area (Å²) in [5.41, 5.74) is -0.0918. The van der Waals surface area contributed by atoms with Crippen LogP contribution in [0.2, 0.25) is 5.02 Å². The fourth-order valence-corrected chi connectivity index (χ4v) is 1.83. The zero-order valence-electron chi connectivity index (χ0n) is 10.3. The second-order valence-electron chi connectivity index (χ2n) is 3.96. The summed E-state index contributed by atoms with van der Waals surface area (Å²) in [5.74, 6) is 0.292. The molecule has 7 nitrogen and oxygen atoms in total. The molecule has 0 fully saturated rings. The zero-order valence-corrected chi connectivity index (χ0v) is 11.1. The number of hydrogen-bond donors (Lipinski definition) is 2. The minimum absolute atomic E-state index is 0.0836. The lowest BCUT2D eigenvalue weighted by Gasteiger charge is -2.05. The molecule has 2 aromatic rings. The molecule has 0 radical (unpaired) electrons. The van der Waals surface area contributed by atoms with E-state index in [2.05, 4.69) is 15.3 Å². The Balaban J connectivity index is 2.01. The second-order valence-corrected chi connectivity index (χ2v) is 4.37. The number of benzene rings is 1. The predicted molar refractivity (Wildman–Crippen MR) is 72.7 cm³/mol. The van der Waals surface area contributed by atoms with Gasteiger partial charge in [0, 0.05) is 37.5 Å². The summed E-state index contributed by atoms with van der Waals surface area (Å²) in [6.07, 6.45) is 3.84. The first-order valence-electron chi connectivity index (χ1n) is 5.78. The minimum Gasteiger partial charge on any atom is -0.352 e. The molecule has 0 spiro atoms. The number of carbonyl (C=O) groups excluding carboxylic acids is 1. The highest BCUT2D eigenvalue weighted by Crippen LogP contribution is 2.21. The van der Waals surface area contributed by atoms with Gasteiger partial charge in [-0.05, 0) is 6.07 Å². The molecular weight excluding hydrogens is 284 g/mol. The number of nitrogens with one attached hydrogen (secondary N) is 2. The average Bonchev–Trinajstić information content (AvgIpc) is 2.92. The van der Waals surface area contributed by atoms with Gasteiger partial charge in [0.15, 0.2) is 0 Å². The van der Waals surface area contributed by atoms with Crippen LogP contribution in [0.3, 0.4) is 0 Å². The molecule has 0 unspecified atom stereocenters. The Morgan fingerprint density at radius 2 is 2.30 bits per heavy atom. The summed E-state index contributed by atoms with van der Waals surface area (Å²) in [6.45, 7) is 0.353. The van der Waals surface area contributed by atoms with Crippen molar-refractivity contribution < 1.29 is 9.72 Å². The highest BCUT2D eigenvalue weighted by Gasteiger charge is 2.15. The third kappa shape index (κ3) is 3.33. The van der Waals surface area contributed by atoms with Gasteiger partial charge in [0.25, 0.3) is 11.6 Å². The number of nitrogens with zero attached hydrogens (tertiary/aromatic N) is 2. The molecule has 0 saturated heterocycles. The second kappa shape index (κ2) is 6.16. The van der Waals surface area contributed by atoms with Crippen molar-refractivity contribution in [3.05, 3.63) is 57.1 Å². The van der Waals surface area contributed by atoms with Gasteiger partial charge in [-0.1, -0.05) is 11.6 Å². The van der Waals surface area contributed by atoms with E-state index in [9.17, 15) is 14.9 Å². The fourth-order valence-electron chi connectivity index (χ4n) is 1.63. The van der Waals surface area contributed by atoms with Crippen molar-refractivity contribution in [1.29, 1.82) is 0 Å². The van der Waals surface area contributed by atoms with E-state index in [4.69, 9.17) is 11.6 Å². The normalized spacial score (nSPS) is 10.2. The average molecular weight is 295 g/mol. The summed E-state index contributed by atoms with van der Waals surface area (Å²) in [5, 5.41) is 13.5. The lowest BCUT2D eigenvalue weighted by molar-refractivity contribution is -0.384. The van der Waals surface area contributed by atoms with E-state index in [-0.39, 0.29) is 16.3 Å². The summed E-state index contributed by atoms with van der Waals surface area (Å²) >= 11 is 5.87. The largest absolute Gasteiger partial charge is 0.352 e. The van der Waals surface area contributed by atoms with Crippen LogP contribution in [0.4, 0.5) is 5.69 Å². The number of aromatic nitrogens is 2. The van der Waals surface area contributed by atoms with E-state index in [0.717, 1.165) is 11.9 Å². The van der Waals surface area contributed by atoms with E-state index in [1.54, 1.807) is 12.4 Å². The maximum absolute atomic E-state index is 11.9. The molecule has 2 rings (SSSR count). The first kappa shape index (κ1) is 14.0. The van der Waals surface area contributed by atoms with Crippen LogP contribution in [0, 0.1) is 10.1 Å². The Morgan fingerprint density at radius 3 is 2.95 bits per heavy atom. The Hall–Kier alpha value is -2.41. The SMILES string of the molecule is O=C(NCCc1ncc[nH]1)c1cc([N+](=O)[O-])ccc1Cl. The molecule has 0 aliphatic heterocycles. The van der Waals surface area contributed by atoms with Crippen LogP contribution < -0.4 is 5.32 Å². The van der Waals surface area contributed by atoms with Crippen molar-refractivity contribution in [3.63, 3.8) is 0 Å². The Kier molecular flexibility index (Phi) is 4.31. The van der Waals surface area contributed by atoms with Crippen molar-refractivity contribution in [3.8, 4) is 0 Å². The summed E-state index contributed by atoms with van der Waals surface area (Å²) in [4.78, 5) is 28.9. The van der Waals surface area contributed by atoms with E-state index < -0.39 is 10.8 Å². The van der Waals surface area contributed by atoms with E-state index in [1.165, 1.54) is 12.1 Å². The van der Waals surface area contributed by atoms with E-state index in [0.29, 0.717) is 13.0 Å². The number of halogens is 1. The van der Waals surface area contributed by atoms with Gasteiger partial charge in [-0.3, -0.25) is 14.9 Å². The van der Waals surface area contributed by atoms with Crippen LogP contribution in [0.1, 0.15) is 16.2 Å². The van der Waals surface area contributed by atoms with Crippen LogP contribution in [-0.4, -0.2) is 27.3 Å². The molecule has 1 aromatic carbocycles. The molecule has 8 heteroatoms. The number of aromatic amines is 1. The van der Waals surface area contributed by atoms with Crippen LogP contribution in [-0.2, 0) is 6.42 Å². The van der Waals surface area contributed by atoms with Crippen molar-refractivity contribution in [2.45, 2.75) is 6.42 Å². The number of hydrogen-bond acceptors (Lipinski definition) is 4. The fraction of sp³-hybridized carbons (Fsp3) is 0.167. The predicted octanol–water partition coefficient (Wildman–Crippen LogP) is 1.94. The Morgan fingerprint density at radius 1 is 1.50 bits per heavy atom. The number of amides is 1. The number of nitro benzene ring substituents is 1. The molecule has 2 N–H and O–H groups in total. The van der Waals surface area contributed by atoms with E-state index in [1.807, 2.05) is 0 Å². The maximum Gasteiger partial charge on any atom is 0.270 e. The monoisotopic (exact) mass is 294 g/mol. The van der Waals surface area contributed by atoms with Gasteiger partial charge < -0.3 is 10.3 Å². The zero-order chi connectivity index (χ0) is 14.5. The lowest BCUT2D eigenvalue weighted by Crippen LogP contribution is -2.26. The quantitative estimate of drug-likeness (QED) is 0.650. The van der Waals surface area contributed by atoms with Crippen molar-refractivity contribution in [1.82, 2.24) is 15.3 Å². The van der Waals surface area contributed by atoms with Crippen molar-refractivity contribution >= 4 is 23.2 Å². The smallest absolute Gasteiger partial charge is 0.270 e. The Bertz CT molecular complexity index is 628. The number of imidazole rings is 1. The molecule has 1 amide bonds. The number of carbonyl (C=O) groups is 1. The van der Waals surface area contributed by atoms with Gasteiger partial charge in [0.2, 0.25) is 0 Å². The van der Waals surface area contributed by atoms with E-state index >= 15 is 0 Å². The molecule has 1 aromatic heterocycles. The van der Waals surface area contributed by atoms with Crippen LogP contribution in [0.25, 0.3) is 0 Å². The van der Waals surface area contributed by atoms with Gasteiger partial charge >= 0.3 is 0 Å². The van der Waals surface area contributed by atoms with Gasteiger partial charge in [-0.2, -0.15) is 0 Å². The maximum atomic E-state index is 11.9. The molecule has 0 saturated carbocycles. The summed E-state index contributed by atoms with van der Waals surface area (Å²) < 4.78 is 0. The first-order valence-corrected chi connectivity index (χ1v) is 6.16. The molecule has 0 aliphatic carbocycles. The first-order chi connectivity index (χ1) is 9.58. The number of non-ortho nitro benzene ring substituents is 1. The molecular formula is C12H11ClN4O3. The molecule has 0 aliphatic rings. The highest BCUT2D eigenvalue weighted by molar-refractivity contribution is 6.33. The summed E-state index contributed by atoms with van der Waals surface area (Å²) in [6, 6.07) is 3.74. The molecule has 20 heavy (non-hydrogen) atoms. The summed E-state index contributed by atoms with van der Waals surface area (Å²) in [7, 11) is 0. The molecule has 0 atom stereocenters. The highest BCUT2D eigenvalue weighted by atomic mass is 35.5. The van der Waals surface area contributed by atoms with Crippen LogP contribution in [0.15, 0.2) is 30.6 Å². The Labute approximate surface area is 119 Å². The number of nitro groups is 1. The van der Waals surface area contributed by atoms with Gasteiger partial charge in [-0.15, -0.1) is 0 Å². The van der Waals surface area contributed by atoms with Crippen LogP contribution >= 0.6 is 11.6 Å². The molecule has 104 valence electrons. The van der Waals surface area contributed by atoms with Gasteiger partial charge in [0.1, 0.15) is 5.82 Å². The van der Waals surface area contributed by atoms with Crippen LogP contribution in [0.5, 0.6) is 0 Å². The van der Waals surface area contributed by atoms with Gasteiger partial charge in [0.05, 0.1) is 15.5 Å². The topological polar surface area (TPSA) is 101 Å². The number of rotatable bonds is 5. The lowest BCUT2D eigenvalue weighted by atomic mass is 10.2. The third-order valence-corrected chi connectivity index (χ3v) is 2.94. The van der Waals surface area contributed by atoms with Gasteiger partial charge in [-0.25, -0.2) is 4.98 Å². The minimum atomic E-state index is -0.573. The van der Waals surface area contributed by atoms with Crippen molar-refractivity contribution in [2.24, 2.45) is 0 Å². The molecule has 1 heterocycles. The van der Waals surface area contributed by atoms with Crippen molar-refractivity contribution in [2.75, 3.05) is 6.54 Å². The third-order valence-electron chi connectivity index (χ3n) is 2.61. The number of H-pyrrole nitrogens is 1. The standard InChI is InChI=1S/C12H11ClN4O3/c13-10-2-1-8(17(19)20)7-9(10)12(18)16-4-3-11-14-5-6-15-11/h1-2,5-7H,3-4H2,(H,14,15)(H,16,18).